The van der Waals surface area contributed by atoms with Gasteiger partial charge in [-0.1, -0.05) is 0 Å². The van der Waals surface area contributed by atoms with Gasteiger partial charge in [0.25, 0.3) is 5.91 Å². The number of anilines is 1. The Morgan fingerprint density at radius 3 is 2.83 bits per heavy atom. The van der Waals surface area contributed by atoms with Gasteiger partial charge in [0.05, 0.1) is 18.8 Å². The number of nitrogens with one attached hydrogen (secondary N) is 1. The largest absolute Gasteiger partial charge is 0.489 e. The van der Waals surface area contributed by atoms with Crippen LogP contribution in [0.3, 0.4) is 0 Å². The molecule has 1 N–H and O–H groups in total. The molecule has 3 saturated heterocycles. The SMILES string of the molecule is COC[C@@H]1CN(Cc2cc(F)c3nc(N4CCOC5(CC5)C4)ncc3c2)C[C@H]1Oc1ccc2c(c1)CN([C@H]1CCC(=O)NC1=O)C2=O. The van der Waals surface area contributed by atoms with Gasteiger partial charge in [-0.3, -0.25) is 24.6 Å². The number of rotatable bonds is 8. The number of morpholine rings is 1. The number of methoxy groups -OCH3 is 1. The number of piperidine rings is 1. The predicted molar refractivity (Wildman–Crippen MR) is 167 cm³/mol. The van der Waals surface area contributed by atoms with Crippen LogP contribution in [0.2, 0.25) is 0 Å². The average Bonchev–Trinajstić information content (AvgIpc) is 3.56. The maximum absolute atomic E-state index is 15.5. The summed E-state index contributed by atoms with van der Waals surface area (Å²) in [5, 5.41) is 3.00. The number of fused-ring (bicyclic) bond motifs is 2. The number of ether oxygens (including phenoxy) is 3. The molecule has 1 aromatic heterocycles. The molecule has 47 heavy (non-hydrogen) atoms. The zero-order valence-corrected chi connectivity index (χ0v) is 26.2. The van der Waals surface area contributed by atoms with Gasteiger partial charge in [-0.05, 0) is 60.7 Å². The van der Waals surface area contributed by atoms with Crippen molar-refractivity contribution in [1.29, 1.82) is 0 Å². The van der Waals surface area contributed by atoms with Crippen LogP contribution in [0, 0.1) is 11.7 Å². The van der Waals surface area contributed by atoms with Gasteiger partial charge in [0, 0.05) is 75.9 Å². The molecule has 1 saturated carbocycles. The second-order valence-electron chi connectivity index (χ2n) is 13.4. The van der Waals surface area contributed by atoms with Crippen LogP contribution >= 0.6 is 0 Å². The summed E-state index contributed by atoms with van der Waals surface area (Å²) in [7, 11) is 1.67. The fourth-order valence-electron chi connectivity index (χ4n) is 7.47. The summed E-state index contributed by atoms with van der Waals surface area (Å²) in [6, 6.07) is 8.23. The molecule has 2 aromatic carbocycles. The van der Waals surface area contributed by atoms with E-state index in [1.54, 1.807) is 31.5 Å². The van der Waals surface area contributed by atoms with Gasteiger partial charge in [0.2, 0.25) is 17.8 Å². The minimum Gasteiger partial charge on any atom is -0.489 e. The molecule has 246 valence electrons. The first-order valence-electron chi connectivity index (χ1n) is 16.3. The molecule has 1 spiro atoms. The normalized spacial score (nSPS) is 25.5. The van der Waals surface area contributed by atoms with Gasteiger partial charge < -0.3 is 24.0 Å². The fraction of sp³-hybridized carbons (Fsp3) is 0.500. The van der Waals surface area contributed by atoms with Crippen LogP contribution in [-0.2, 0) is 32.2 Å². The highest BCUT2D eigenvalue weighted by atomic mass is 19.1. The highest BCUT2D eigenvalue weighted by molar-refractivity contribution is 6.05. The van der Waals surface area contributed by atoms with E-state index in [2.05, 4.69) is 25.1 Å². The molecular formula is C34H37FN6O6. The molecule has 3 atom stereocenters. The Morgan fingerprint density at radius 2 is 2.02 bits per heavy atom. The van der Waals surface area contributed by atoms with Crippen LogP contribution in [0.15, 0.2) is 36.5 Å². The van der Waals surface area contributed by atoms with Crippen molar-refractivity contribution in [2.75, 3.05) is 51.4 Å². The van der Waals surface area contributed by atoms with Crippen LogP contribution in [0.5, 0.6) is 5.75 Å². The lowest BCUT2D eigenvalue weighted by Gasteiger charge is -2.33. The van der Waals surface area contributed by atoms with Crippen molar-refractivity contribution in [3.8, 4) is 5.75 Å². The van der Waals surface area contributed by atoms with Crippen molar-refractivity contribution in [1.82, 2.24) is 25.1 Å². The fourth-order valence-corrected chi connectivity index (χ4v) is 7.47. The Balaban J connectivity index is 0.941. The van der Waals surface area contributed by atoms with E-state index in [4.69, 9.17) is 14.2 Å². The number of halogens is 1. The summed E-state index contributed by atoms with van der Waals surface area (Å²) in [5.74, 6) is -0.0827. The third-order valence-corrected chi connectivity index (χ3v) is 10.0. The zero-order chi connectivity index (χ0) is 32.3. The van der Waals surface area contributed by atoms with Crippen molar-refractivity contribution in [3.63, 3.8) is 0 Å². The minimum atomic E-state index is -0.667. The lowest BCUT2D eigenvalue weighted by atomic mass is 10.0. The summed E-state index contributed by atoms with van der Waals surface area (Å²) in [6.07, 6.45) is 4.14. The molecule has 0 bridgehead atoms. The Hall–Kier alpha value is -4.20. The third kappa shape index (κ3) is 5.80. The van der Waals surface area contributed by atoms with Crippen molar-refractivity contribution in [2.24, 2.45) is 5.92 Å². The first-order chi connectivity index (χ1) is 22.8. The van der Waals surface area contributed by atoms with Gasteiger partial charge in [0.1, 0.15) is 29.2 Å². The number of nitrogens with zero attached hydrogens (tertiary/aromatic N) is 5. The van der Waals surface area contributed by atoms with E-state index in [1.807, 2.05) is 12.1 Å². The third-order valence-electron chi connectivity index (χ3n) is 10.0. The Kier molecular flexibility index (Phi) is 7.57. The zero-order valence-electron chi connectivity index (χ0n) is 26.2. The number of imide groups is 1. The Morgan fingerprint density at radius 1 is 1.15 bits per heavy atom. The molecule has 0 unspecified atom stereocenters. The van der Waals surface area contributed by atoms with Crippen molar-refractivity contribution in [3.05, 3.63) is 59.0 Å². The highest BCUT2D eigenvalue weighted by Gasteiger charge is 2.48. The summed E-state index contributed by atoms with van der Waals surface area (Å²) in [5.41, 5.74) is 2.40. The average molecular weight is 645 g/mol. The van der Waals surface area contributed by atoms with Crippen molar-refractivity contribution in [2.45, 2.75) is 56.5 Å². The number of hydrogen-bond donors (Lipinski definition) is 1. The molecule has 5 heterocycles. The smallest absolute Gasteiger partial charge is 0.255 e. The van der Waals surface area contributed by atoms with E-state index in [0.717, 1.165) is 30.5 Å². The van der Waals surface area contributed by atoms with Gasteiger partial charge in [0.15, 0.2) is 0 Å². The molecule has 4 fully saturated rings. The van der Waals surface area contributed by atoms with E-state index in [0.29, 0.717) is 74.0 Å². The van der Waals surface area contributed by atoms with Crippen LogP contribution in [0.4, 0.5) is 10.3 Å². The molecule has 12 nitrogen and oxygen atoms in total. The van der Waals surface area contributed by atoms with Gasteiger partial charge in [-0.25, -0.2) is 14.4 Å². The number of aromatic nitrogens is 2. The lowest BCUT2D eigenvalue weighted by Crippen LogP contribution is -2.52. The summed E-state index contributed by atoms with van der Waals surface area (Å²) in [4.78, 5) is 52.2. The molecule has 5 aliphatic rings. The van der Waals surface area contributed by atoms with Crippen LogP contribution < -0.4 is 15.0 Å². The molecule has 4 aliphatic heterocycles. The lowest BCUT2D eigenvalue weighted by molar-refractivity contribution is -0.136. The second-order valence-corrected chi connectivity index (χ2v) is 13.4. The molecule has 0 radical (unpaired) electrons. The van der Waals surface area contributed by atoms with Gasteiger partial charge in [-0.2, -0.15) is 0 Å². The van der Waals surface area contributed by atoms with Crippen LogP contribution in [0.1, 0.15) is 47.2 Å². The van der Waals surface area contributed by atoms with Crippen LogP contribution in [0.25, 0.3) is 10.9 Å². The summed E-state index contributed by atoms with van der Waals surface area (Å²) >= 11 is 0. The number of hydrogen-bond acceptors (Lipinski definition) is 10. The van der Waals surface area contributed by atoms with E-state index in [1.165, 1.54) is 4.90 Å². The molecule has 1 aliphatic carbocycles. The van der Waals surface area contributed by atoms with Crippen LogP contribution in [-0.4, -0.2) is 102 Å². The van der Waals surface area contributed by atoms with Gasteiger partial charge >= 0.3 is 0 Å². The maximum Gasteiger partial charge on any atom is 0.255 e. The summed E-state index contributed by atoms with van der Waals surface area (Å²) in [6.45, 7) is 4.69. The van der Waals surface area contributed by atoms with E-state index in [-0.39, 0.29) is 48.2 Å². The molecule has 3 amide bonds. The summed E-state index contributed by atoms with van der Waals surface area (Å²) < 4.78 is 33.4. The number of carbonyl (C=O) groups excluding carboxylic acids is 3. The Labute approximate surface area is 271 Å². The quantitative estimate of drug-likeness (QED) is 0.366. The van der Waals surface area contributed by atoms with E-state index >= 15 is 4.39 Å². The second kappa shape index (κ2) is 11.8. The number of benzene rings is 2. The number of amides is 3. The minimum absolute atomic E-state index is 0.0740. The standard InChI is InChI=1S/C34H37FN6O6/c1-45-18-23-15-39(14-20-10-21-13-36-33(38-30(21)26(35)11-20)40-8-9-46-34(19-40)6-7-34)17-28(23)47-24-2-3-25-22(12-24)16-41(32(25)44)27-4-5-29(42)37-31(27)43/h2-3,10-13,23,27-28H,4-9,14-19H2,1H3,(H,37,42,43)/t23-,27-,28+/m0/s1. The topological polar surface area (TPSA) is 126 Å². The van der Waals surface area contributed by atoms with Gasteiger partial charge in [-0.15, -0.1) is 0 Å². The molecule has 13 heteroatoms. The first kappa shape index (κ1) is 30.2. The molecule has 3 aromatic rings. The molecular weight excluding hydrogens is 607 g/mol. The van der Waals surface area contributed by atoms with E-state index in [9.17, 15) is 14.4 Å². The predicted octanol–water partition coefficient (Wildman–Crippen LogP) is 2.42. The van der Waals surface area contributed by atoms with Crippen molar-refractivity contribution < 1.29 is 33.0 Å². The number of likely N-dealkylation sites (tertiary alicyclic amines) is 1. The Bertz CT molecular complexity index is 1770. The van der Waals surface area contributed by atoms with E-state index < -0.39 is 11.9 Å². The maximum atomic E-state index is 15.5. The highest BCUT2D eigenvalue weighted by Crippen LogP contribution is 2.42. The monoisotopic (exact) mass is 644 g/mol. The van der Waals surface area contributed by atoms with Crippen molar-refractivity contribution >= 4 is 34.6 Å². The first-order valence-corrected chi connectivity index (χ1v) is 16.3. The molecule has 8 rings (SSSR count). The number of carbonyl (C=O) groups is 3.